The van der Waals surface area contributed by atoms with E-state index in [1.165, 1.54) is 11.1 Å². The van der Waals surface area contributed by atoms with Crippen molar-refractivity contribution in [3.63, 3.8) is 0 Å². The summed E-state index contributed by atoms with van der Waals surface area (Å²) >= 11 is 0. The van der Waals surface area contributed by atoms with Crippen molar-refractivity contribution in [2.45, 2.75) is 51.7 Å². The van der Waals surface area contributed by atoms with Gasteiger partial charge in [-0.2, -0.15) is 0 Å². The summed E-state index contributed by atoms with van der Waals surface area (Å²) in [5, 5.41) is 3.66. The Labute approximate surface area is 128 Å². The Morgan fingerprint density at radius 3 is 2.86 bits per heavy atom. The van der Waals surface area contributed by atoms with Gasteiger partial charge in [0, 0.05) is 22.9 Å². The molecule has 3 nitrogen and oxygen atoms in total. The second-order valence-electron chi connectivity index (χ2n) is 7.10. The minimum atomic E-state index is 0.113. The van der Waals surface area contributed by atoms with E-state index >= 15 is 0 Å². The molecule has 0 saturated carbocycles. The molecular weight excluding hydrogens is 262 g/mol. The Balaban J connectivity index is 1.90. The van der Waals surface area contributed by atoms with E-state index in [9.17, 15) is 0 Å². The average Bonchev–Trinajstić information content (AvgIpc) is 3.00. The van der Waals surface area contributed by atoms with Gasteiger partial charge in [0.25, 0.3) is 0 Å². The molecular formula is C18H27NO2. The Hall–Kier alpha value is -1.06. The molecule has 1 saturated heterocycles. The molecule has 1 N–H and O–H groups in total. The van der Waals surface area contributed by atoms with Crippen LogP contribution in [0.5, 0.6) is 5.75 Å². The molecule has 0 spiro atoms. The summed E-state index contributed by atoms with van der Waals surface area (Å²) in [4.78, 5) is 0. The van der Waals surface area contributed by atoms with E-state index in [-0.39, 0.29) is 5.41 Å². The van der Waals surface area contributed by atoms with E-state index in [2.05, 4.69) is 51.2 Å². The molecule has 3 unspecified atom stereocenters. The highest BCUT2D eigenvalue weighted by Crippen LogP contribution is 2.41. The van der Waals surface area contributed by atoms with Crippen molar-refractivity contribution in [1.82, 2.24) is 5.32 Å². The summed E-state index contributed by atoms with van der Waals surface area (Å²) < 4.78 is 11.6. The lowest BCUT2D eigenvalue weighted by atomic mass is 9.83. The van der Waals surface area contributed by atoms with Crippen LogP contribution in [0.15, 0.2) is 18.2 Å². The lowest BCUT2D eigenvalue weighted by Gasteiger charge is -2.25. The van der Waals surface area contributed by atoms with Crippen molar-refractivity contribution in [3.05, 3.63) is 29.3 Å². The van der Waals surface area contributed by atoms with Crippen molar-refractivity contribution in [2.75, 3.05) is 19.8 Å². The van der Waals surface area contributed by atoms with Crippen LogP contribution in [0.2, 0.25) is 0 Å². The molecule has 0 radical (unpaired) electrons. The van der Waals surface area contributed by atoms with E-state index in [1.807, 2.05) is 0 Å². The van der Waals surface area contributed by atoms with Gasteiger partial charge in [-0.1, -0.05) is 26.8 Å². The zero-order valence-electron chi connectivity index (χ0n) is 13.6. The van der Waals surface area contributed by atoms with Gasteiger partial charge in [-0.25, -0.2) is 0 Å². The summed E-state index contributed by atoms with van der Waals surface area (Å²) in [6, 6.07) is 7.08. The lowest BCUT2D eigenvalue weighted by molar-refractivity contribution is 0.117. The van der Waals surface area contributed by atoms with Crippen LogP contribution in [0.4, 0.5) is 0 Å². The van der Waals surface area contributed by atoms with Gasteiger partial charge in [0.1, 0.15) is 5.75 Å². The molecule has 0 amide bonds. The molecule has 3 atom stereocenters. The van der Waals surface area contributed by atoms with E-state index < -0.39 is 0 Å². The van der Waals surface area contributed by atoms with Crippen LogP contribution >= 0.6 is 0 Å². The van der Waals surface area contributed by atoms with Crippen LogP contribution < -0.4 is 10.1 Å². The maximum Gasteiger partial charge on any atom is 0.123 e. The van der Waals surface area contributed by atoms with Crippen LogP contribution in [0.3, 0.4) is 0 Å². The quantitative estimate of drug-likeness (QED) is 0.921. The van der Waals surface area contributed by atoms with E-state index in [0.29, 0.717) is 18.1 Å². The molecule has 116 valence electrons. The highest BCUT2D eigenvalue weighted by atomic mass is 16.5. The number of fused-ring (bicyclic) bond motifs is 1. The van der Waals surface area contributed by atoms with Gasteiger partial charge in [0.05, 0.1) is 19.3 Å². The highest BCUT2D eigenvalue weighted by molar-refractivity contribution is 5.46. The SMILES string of the molecule is CCNC(c1ccc2c(c1)C(C)(C)CO2)C1COC(C)C1. The van der Waals surface area contributed by atoms with Crippen LogP contribution in [0, 0.1) is 5.92 Å². The largest absolute Gasteiger partial charge is 0.492 e. The van der Waals surface area contributed by atoms with Crippen LogP contribution in [-0.2, 0) is 10.2 Å². The molecule has 3 rings (SSSR count). The fourth-order valence-electron chi connectivity index (χ4n) is 3.59. The number of benzene rings is 1. The van der Waals surface area contributed by atoms with Crippen LogP contribution in [-0.4, -0.2) is 25.9 Å². The van der Waals surface area contributed by atoms with Gasteiger partial charge in [0.15, 0.2) is 0 Å². The predicted octanol–water partition coefficient (Wildman–Crippen LogP) is 3.43. The van der Waals surface area contributed by atoms with Gasteiger partial charge in [0.2, 0.25) is 0 Å². The molecule has 2 heterocycles. The van der Waals surface area contributed by atoms with Crippen molar-refractivity contribution in [3.8, 4) is 5.75 Å². The van der Waals surface area contributed by atoms with Crippen molar-refractivity contribution < 1.29 is 9.47 Å². The van der Waals surface area contributed by atoms with E-state index in [1.54, 1.807) is 0 Å². The predicted molar refractivity (Wildman–Crippen MR) is 84.9 cm³/mol. The van der Waals surface area contributed by atoms with E-state index in [0.717, 1.165) is 31.9 Å². The molecule has 2 aliphatic heterocycles. The first-order valence-electron chi connectivity index (χ1n) is 8.13. The molecule has 0 aromatic heterocycles. The van der Waals surface area contributed by atoms with Gasteiger partial charge < -0.3 is 14.8 Å². The Kier molecular flexibility index (Phi) is 3.98. The summed E-state index contributed by atoms with van der Waals surface area (Å²) in [6.45, 7) is 11.5. The fourth-order valence-corrected chi connectivity index (χ4v) is 3.59. The molecule has 0 aliphatic carbocycles. The maximum absolute atomic E-state index is 5.81. The molecule has 2 aliphatic rings. The average molecular weight is 289 g/mol. The smallest absolute Gasteiger partial charge is 0.123 e. The van der Waals surface area contributed by atoms with Crippen LogP contribution in [0.1, 0.15) is 51.3 Å². The standard InChI is InChI=1S/C18H27NO2/c1-5-19-17(14-8-12(2)20-10-14)13-6-7-16-15(9-13)18(3,4)11-21-16/h6-7,9,12,14,17,19H,5,8,10-11H2,1-4H3. The van der Waals surface area contributed by atoms with Gasteiger partial charge in [-0.15, -0.1) is 0 Å². The Morgan fingerprint density at radius 1 is 1.38 bits per heavy atom. The number of hydrogen-bond acceptors (Lipinski definition) is 3. The van der Waals surface area contributed by atoms with E-state index in [4.69, 9.17) is 9.47 Å². The van der Waals surface area contributed by atoms with Gasteiger partial charge in [-0.3, -0.25) is 0 Å². The van der Waals surface area contributed by atoms with Gasteiger partial charge in [-0.05, 0) is 37.6 Å². The fraction of sp³-hybridized carbons (Fsp3) is 0.667. The number of rotatable bonds is 4. The van der Waals surface area contributed by atoms with Crippen molar-refractivity contribution in [2.24, 2.45) is 5.92 Å². The van der Waals surface area contributed by atoms with Gasteiger partial charge >= 0.3 is 0 Å². The van der Waals surface area contributed by atoms with Crippen molar-refractivity contribution >= 4 is 0 Å². The summed E-state index contributed by atoms with van der Waals surface area (Å²) in [7, 11) is 0. The maximum atomic E-state index is 5.81. The molecule has 21 heavy (non-hydrogen) atoms. The minimum absolute atomic E-state index is 0.113. The third kappa shape index (κ3) is 2.82. The summed E-state index contributed by atoms with van der Waals surface area (Å²) in [5.74, 6) is 1.61. The monoisotopic (exact) mass is 289 g/mol. The molecule has 0 bridgehead atoms. The lowest BCUT2D eigenvalue weighted by Crippen LogP contribution is -2.29. The topological polar surface area (TPSA) is 30.5 Å². The zero-order chi connectivity index (χ0) is 15.0. The summed E-state index contributed by atoms with van der Waals surface area (Å²) in [5.41, 5.74) is 2.83. The Bertz CT molecular complexity index is 512. The van der Waals surface area contributed by atoms with Crippen LogP contribution in [0.25, 0.3) is 0 Å². The zero-order valence-corrected chi connectivity index (χ0v) is 13.6. The second kappa shape index (κ2) is 5.62. The first kappa shape index (κ1) is 14.9. The first-order chi connectivity index (χ1) is 10.0. The third-order valence-electron chi connectivity index (χ3n) is 4.81. The molecule has 3 heteroatoms. The normalized spacial score (nSPS) is 28.2. The van der Waals surface area contributed by atoms with Crippen molar-refractivity contribution in [1.29, 1.82) is 0 Å². The third-order valence-corrected chi connectivity index (χ3v) is 4.81. The minimum Gasteiger partial charge on any atom is -0.492 e. The summed E-state index contributed by atoms with van der Waals surface area (Å²) in [6.07, 6.45) is 1.51. The number of ether oxygens (including phenoxy) is 2. The molecule has 1 fully saturated rings. The first-order valence-corrected chi connectivity index (χ1v) is 8.13. The second-order valence-corrected chi connectivity index (χ2v) is 7.10. The Morgan fingerprint density at radius 2 is 2.19 bits per heavy atom. The molecule has 1 aromatic carbocycles. The number of hydrogen-bond donors (Lipinski definition) is 1. The highest BCUT2D eigenvalue weighted by Gasteiger charge is 2.34. The molecule has 1 aromatic rings. The number of nitrogens with one attached hydrogen (secondary N) is 1.